The maximum Gasteiger partial charge on any atom is 0.288 e. The average Bonchev–Trinajstić information content (AvgIpc) is 2.54. The van der Waals surface area contributed by atoms with E-state index in [2.05, 4.69) is 10.6 Å². The van der Waals surface area contributed by atoms with Crippen molar-refractivity contribution in [2.75, 3.05) is 17.2 Å². The van der Waals surface area contributed by atoms with Crippen LogP contribution >= 0.6 is 11.8 Å². The van der Waals surface area contributed by atoms with Gasteiger partial charge in [-0.3, -0.25) is 4.79 Å². The molecule has 2 aromatic rings. The molecule has 122 valence electrons. The fraction of sp³-hybridized carbons (Fsp3) is 0.188. The Labute approximate surface area is 136 Å². The van der Waals surface area contributed by atoms with Crippen LogP contribution in [0, 0.1) is 0 Å². The summed E-state index contributed by atoms with van der Waals surface area (Å²) in [4.78, 5) is 12.3. The summed E-state index contributed by atoms with van der Waals surface area (Å²) in [6, 6.07) is 13.3. The number of hydrogen-bond acceptors (Lipinski definition) is 4. The van der Waals surface area contributed by atoms with Gasteiger partial charge in [0.2, 0.25) is 5.91 Å². The molecule has 0 aromatic heterocycles. The van der Waals surface area contributed by atoms with E-state index in [9.17, 15) is 13.6 Å². The third-order valence-electron chi connectivity index (χ3n) is 2.93. The van der Waals surface area contributed by atoms with E-state index in [4.69, 9.17) is 5.11 Å². The standard InChI is InChI=1S/C16H16F2N2O2S/c17-16(18)23-14-6-4-12(5-7-14)20-15(22)9-19-13-3-1-2-11(8-13)10-21/h1-8,16,19,21H,9-10H2,(H,20,22). The zero-order valence-corrected chi connectivity index (χ0v) is 12.9. The van der Waals surface area contributed by atoms with Gasteiger partial charge in [0.1, 0.15) is 0 Å². The second-order valence-electron chi connectivity index (χ2n) is 4.66. The van der Waals surface area contributed by atoms with E-state index in [1.165, 1.54) is 12.1 Å². The van der Waals surface area contributed by atoms with Crippen molar-refractivity contribution in [3.8, 4) is 0 Å². The van der Waals surface area contributed by atoms with Crippen molar-refractivity contribution in [3.63, 3.8) is 0 Å². The monoisotopic (exact) mass is 338 g/mol. The number of rotatable bonds is 7. The van der Waals surface area contributed by atoms with Gasteiger partial charge in [-0.2, -0.15) is 8.78 Å². The minimum absolute atomic E-state index is 0.0580. The number of aliphatic hydroxyl groups is 1. The number of carbonyl (C=O) groups is 1. The number of benzene rings is 2. The highest BCUT2D eigenvalue weighted by atomic mass is 32.2. The summed E-state index contributed by atoms with van der Waals surface area (Å²) in [5.74, 6) is -2.72. The number of thioether (sulfide) groups is 1. The van der Waals surface area contributed by atoms with Gasteiger partial charge in [0.05, 0.1) is 13.2 Å². The predicted molar refractivity (Wildman–Crippen MR) is 87.8 cm³/mol. The Balaban J connectivity index is 1.84. The Bertz CT molecular complexity index is 651. The predicted octanol–water partition coefficient (Wildman–Crippen LogP) is 3.54. The molecule has 0 atom stereocenters. The van der Waals surface area contributed by atoms with E-state index in [-0.39, 0.29) is 19.1 Å². The zero-order chi connectivity index (χ0) is 16.7. The van der Waals surface area contributed by atoms with Gasteiger partial charge in [-0.15, -0.1) is 0 Å². The van der Waals surface area contributed by atoms with Crippen LogP contribution in [0.3, 0.4) is 0 Å². The van der Waals surface area contributed by atoms with Crippen molar-refractivity contribution >= 4 is 29.0 Å². The van der Waals surface area contributed by atoms with Crippen LogP contribution in [0.5, 0.6) is 0 Å². The molecule has 2 rings (SSSR count). The lowest BCUT2D eigenvalue weighted by atomic mass is 10.2. The summed E-state index contributed by atoms with van der Waals surface area (Å²) < 4.78 is 24.4. The molecule has 23 heavy (non-hydrogen) atoms. The number of nitrogens with one attached hydrogen (secondary N) is 2. The first kappa shape index (κ1) is 17.2. The van der Waals surface area contributed by atoms with Crippen molar-refractivity contribution < 1.29 is 18.7 Å². The Kier molecular flexibility index (Phi) is 6.37. The number of anilines is 2. The summed E-state index contributed by atoms with van der Waals surface area (Å²) in [5, 5.41) is 14.7. The summed E-state index contributed by atoms with van der Waals surface area (Å²) in [6.45, 7) is -0.00683. The van der Waals surface area contributed by atoms with E-state index in [1.807, 2.05) is 0 Å². The molecule has 3 N–H and O–H groups in total. The van der Waals surface area contributed by atoms with Crippen LogP contribution in [0.2, 0.25) is 0 Å². The van der Waals surface area contributed by atoms with Crippen molar-refractivity contribution in [3.05, 3.63) is 54.1 Å². The van der Waals surface area contributed by atoms with Gasteiger partial charge >= 0.3 is 0 Å². The van der Waals surface area contributed by atoms with Gasteiger partial charge in [0.25, 0.3) is 5.76 Å². The largest absolute Gasteiger partial charge is 0.392 e. The van der Waals surface area contributed by atoms with Gasteiger partial charge in [0.15, 0.2) is 0 Å². The number of aliphatic hydroxyl groups excluding tert-OH is 1. The van der Waals surface area contributed by atoms with Gasteiger partial charge in [-0.1, -0.05) is 23.9 Å². The first-order valence-electron chi connectivity index (χ1n) is 6.85. The lowest BCUT2D eigenvalue weighted by Crippen LogP contribution is -2.21. The Hall–Kier alpha value is -2.12. The molecule has 0 unspecified atom stereocenters. The molecule has 0 spiro atoms. The molecule has 0 radical (unpaired) electrons. The van der Waals surface area contributed by atoms with Crippen molar-refractivity contribution in [1.29, 1.82) is 0 Å². The molecule has 0 saturated carbocycles. The lowest BCUT2D eigenvalue weighted by molar-refractivity contribution is -0.114. The molecular weight excluding hydrogens is 322 g/mol. The SMILES string of the molecule is O=C(CNc1cccc(CO)c1)Nc1ccc(SC(F)F)cc1. The molecule has 7 heteroatoms. The van der Waals surface area contributed by atoms with E-state index < -0.39 is 5.76 Å². The zero-order valence-electron chi connectivity index (χ0n) is 12.1. The highest BCUT2D eigenvalue weighted by Gasteiger charge is 2.06. The second-order valence-corrected chi connectivity index (χ2v) is 5.73. The fourth-order valence-electron chi connectivity index (χ4n) is 1.89. The van der Waals surface area contributed by atoms with Crippen LogP contribution in [0.4, 0.5) is 20.2 Å². The minimum Gasteiger partial charge on any atom is -0.392 e. The smallest absolute Gasteiger partial charge is 0.288 e. The number of amides is 1. The first-order valence-corrected chi connectivity index (χ1v) is 7.73. The minimum atomic E-state index is -2.46. The van der Waals surface area contributed by atoms with E-state index in [0.717, 1.165) is 11.3 Å². The lowest BCUT2D eigenvalue weighted by Gasteiger charge is -2.09. The third kappa shape index (κ3) is 5.88. The van der Waals surface area contributed by atoms with Gasteiger partial charge in [-0.05, 0) is 42.0 Å². The molecule has 1 amide bonds. The molecule has 0 aliphatic heterocycles. The average molecular weight is 338 g/mol. The summed E-state index contributed by atoms with van der Waals surface area (Å²) >= 11 is 0.458. The fourth-order valence-corrected chi connectivity index (χ4v) is 2.39. The van der Waals surface area contributed by atoms with Crippen molar-refractivity contribution in [2.24, 2.45) is 0 Å². The molecule has 0 heterocycles. The van der Waals surface area contributed by atoms with Gasteiger partial charge < -0.3 is 15.7 Å². The van der Waals surface area contributed by atoms with Crippen LogP contribution in [-0.2, 0) is 11.4 Å². The maximum absolute atomic E-state index is 12.2. The van der Waals surface area contributed by atoms with E-state index >= 15 is 0 Å². The van der Waals surface area contributed by atoms with Crippen molar-refractivity contribution in [2.45, 2.75) is 17.3 Å². The highest BCUT2D eigenvalue weighted by Crippen LogP contribution is 2.26. The summed E-state index contributed by atoms with van der Waals surface area (Å²) in [6.07, 6.45) is 0. The molecular formula is C16H16F2N2O2S. The number of alkyl halides is 2. The molecule has 0 aliphatic rings. The molecule has 0 aliphatic carbocycles. The van der Waals surface area contributed by atoms with Crippen LogP contribution in [0.25, 0.3) is 0 Å². The van der Waals surface area contributed by atoms with E-state index in [1.54, 1.807) is 36.4 Å². The Morgan fingerprint density at radius 3 is 2.52 bits per heavy atom. The van der Waals surface area contributed by atoms with Crippen LogP contribution in [0.1, 0.15) is 5.56 Å². The Morgan fingerprint density at radius 1 is 1.13 bits per heavy atom. The summed E-state index contributed by atoms with van der Waals surface area (Å²) in [7, 11) is 0. The van der Waals surface area contributed by atoms with Crippen LogP contribution in [0.15, 0.2) is 53.4 Å². The van der Waals surface area contributed by atoms with Crippen LogP contribution in [-0.4, -0.2) is 23.3 Å². The second kappa shape index (κ2) is 8.50. The third-order valence-corrected chi connectivity index (χ3v) is 3.65. The molecule has 0 fully saturated rings. The van der Waals surface area contributed by atoms with Gasteiger partial charge in [-0.25, -0.2) is 0 Å². The molecule has 0 saturated heterocycles. The van der Waals surface area contributed by atoms with Crippen molar-refractivity contribution in [1.82, 2.24) is 0 Å². The number of halogens is 2. The molecule has 0 bridgehead atoms. The molecule has 4 nitrogen and oxygen atoms in total. The highest BCUT2D eigenvalue weighted by molar-refractivity contribution is 7.99. The van der Waals surface area contributed by atoms with Gasteiger partial charge in [0, 0.05) is 16.3 Å². The maximum atomic E-state index is 12.2. The Morgan fingerprint density at radius 2 is 1.87 bits per heavy atom. The first-order chi connectivity index (χ1) is 11.1. The normalized spacial score (nSPS) is 10.6. The number of carbonyl (C=O) groups excluding carboxylic acids is 1. The van der Waals surface area contributed by atoms with Crippen LogP contribution < -0.4 is 10.6 Å². The summed E-state index contributed by atoms with van der Waals surface area (Å²) in [5.41, 5.74) is 2.03. The number of hydrogen-bond donors (Lipinski definition) is 3. The molecule has 2 aromatic carbocycles. The van der Waals surface area contributed by atoms with E-state index in [0.29, 0.717) is 22.3 Å². The quantitative estimate of drug-likeness (QED) is 0.676. The topological polar surface area (TPSA) is 61.4 Å².